The van der Waals surface area contributed by atoms with Crippen LogP contribution in [0.5, 0.6) is 0 Å². The van der Waals surface area contributed by atoms with Crippen LogP contribution < -0.4 is 4.90 Å². The lowest BCUT2D eigenvalue weighted by Gasteiger charge is -2.11. The first-order valence-electron chi connectivity index (χ1n) is 8.83. The van der Waals surface area contributed by atoms with Gasteiger partial charge in [-0.1, -0.05) is 6.92 Å². The van der Waals surface area contributed by atoms with E-state index in [0.717, 1.165) is 16.3 Å². The molecule has 0 radical (unpaired) electrons. The van der Waals surface area contributed by atoms with E-state index in [-0.39, 0.29) is 16.7 Å². The van der Waals surface area contributed by atoms with Crippen LogP contribution in [0.3, 0.4) is 0 Å². The lowest BCUT2D eigenvalue weighted by molar-refractivity contribution is -0.106. The second-order valence-electron chi connectivity index (χ2n) is 6.23. The minimum absolute atomic E-state index is 0.0784. The van der Waals surface area contributed by atoms with E-state index in [1.807, 2.05) is 24.4 Å². The molecule has 0 fully saturated rings. The maximum atomic E-state index is 12.5. The summed E-state index contributed by atoms with van der Waals surface area (Å²) in [5, 5.41) is 0.746. The van der Waals surface area contributed by atoms with Crippen molar-refractivity contribution in [3.63, 3.8) is 0 Å². The van der Waals surface area contributed by atoms with E-state index < -0.39 is 5.51 Å². The van der Waals surface area contributed by atoms with Gasteiger partial charge in [-0.3, -0.25) is 14.1 Å². The van der Waals surface area contributed by atoms with Gasteiger partial charge in [-0.05, 0) is 60.7 Å². The summed E-state index contributed by atoms with van der Waals surface area (Å²) < 4.78 is 39.5. The number of hydrogen-bond donors (Lipinski definition) is 0. The molecule has 6 nitrogen and oxygen atoms in total. The SMILES string of the molecule is CCSc1c(N(C=O)/C=N\c2ccc(SC(F)(F)F)cc2C)nc2ncc(C)cn12. The monoisotopic (exact) mass is 453 g/mol. The predicted octanol–water partition coefficient (Wildman–Crippen LogP) is 5.39. The number of carbonyl (C=O) groups is 1. The molecule has 0 aliphatic rings. The van der Waals surface area contributed by atoms with E-state index in [0.29, 0.717) is 29.3 Å². The Morgan fingerprint density at radius 2 is 2.07 bits per heavy atom. The summed E-state index contributed by atoms with van der Waals surface area (Å²) in [7, 11) is 0. The fraction of sp³-hybridized carbons (Fsp3) is 0.263. The van der Waals surface area contributed by atoms with Gasteiger partial charge >= 0.3 is 5.51 Å². The number of thioether (sulfide) groups is 2. The zero-order valence-electron chi connectivity index (χ0n) is 16.3. The minimum Gasteiger partial charge on any atom is -0.278 e. The van der Waals surface area contributed by atoms with Crippen LogP contribution in [0.4, 0.5) is 24.7 Å². The minimum atomic E-state index is -4.35. The Hall–Kier alpha value is -2.53. The van der Waals surface area contributed by atoms with E-state index in [2.05, 4.69) is 15.0 Å². The fourth-order valence-corrected chi connectivity index (χ4v) is 4.13. The largest absolute Gasteiger partial charge is 0.446 e. The summed E-state index contributed by atoms with van der Waals surface area (Å²) in [5.41, 5.74) is -2.39. The van der Waals surface area contributed by atoms with Gasteiger partial charge in [0.25, 0.3) is 0 Å². The molecular formula is C19H18F3N5OS2. The van der Waals surface area contributed by atoms with Crippen LogP contribution in [0.2, 0.25) is 0 Å². The molecule has 0 spiro atoms. The quantitative estimate of drug-likeness (QED) is 0.208. The first-order valence-corrected chi connectivity index (χ1v) is 10.6. The highest BCUT2D eigenvalue weighted by molar-refractivity contribution is 8.00. The molecule has 3 rings (SSSR count). The van der Waals surface area contributed by atoms with Gasteiger partial charge in [0.1, 0.15) is 11.4 Å². The van der Waals surface area contributed by atoms with Gasteiger partial charge in [0, 0.05) is 17.3 Å². The van der Waals surface area contributed by atoms with Gasteiger partial charge in [-0.2, -0.15) is 18.2 Å². The molecule has 0 saturated heterocycles. The van der Waals surface area contributed by atoms with Gasteiger partial charge in [0.05, 0.1) is 5.69 Å². The third-order valence-corrected chi connectivity index (χ3v) is 5.57. The Labute approximate surface area is 179 Å². The summed E-state index contributed by atoms with van der Waals surface area (Å²) in [4.78, 5) is 26.1. The highest BCUT2D eigenvalue weighted by Gasteiger charge is 2.29. The van der Waals surface area contributed by atoms with Crippen LogP contribution in [0, 0.1) is 13.8 Å². The Bertz CT molecular complexity index is 1100. The van der Waals surface area contributed by atoms with Crippen molar-refractivity contribution in [1.82, 2.24) is 14.4 Å². The van der Waals surface area contributed by atoms with E-state index in [4.69, 9.17) is 0 Å². The van der Waals surface area contributed by atoms with Crippen molar-refractivity contribution in [1.29, 1.82) is 0 Å². The number of rotatable bonds is 7. The van der Waals surface area contributed by atoms with Crippen molar-refractivity contribution in [2.45, 2.75) is 36.2 Å². The number of aromatic nitrogens is 3. The smallest absolute Gasteiger partial charge is 0.278 e. The maximum Gasteiger partial charge on any atom is 0.446 e. The molecule has 3 aromatic rings. The van der Waals surface area contributed by atoms with Gasteiger partial charge < -0.3 is 0 Å². The highest BCUT2D eigenvalue weighted by Crippen LogP contribution is 2.38. The molecule has 0 saturated carbocycles. The number of fused-ring (bicyclic) bond motifs is 1. The number of aryl methyl sites for hydroxylation is 2. The van der Waals surface area contributed by atoms with Crippen molar-refractivity contribution in [2.24, 2.45) is 4.99 Å². The molecule has 0 unspecified atom stereocenters. The van der Waals surface area contributed by atoms with E-state index in [1.54, 1.807) is 13.1 Å². The van der Waals surface area contributed by atoms with Crippen LogP contribution in [0.1, 0.15) is 18.1 Å². The average molecular weight is 454 g/mol. The summed E-state index contributed by atoms with van der Waals surface area (Å²) in [5.74, 6) is 1.60. The van der Waals surface area contributed by atoms with Gasteiger partial charge in [-0.25, -0.2) is 9.98 Å². The zero-order valence-corrected chi connectivity index (χ0v) is 18.0. The number of carbonyl (C=O) groups excluding carboxylic acids is 1. The van der Waals surface area contributed by atoms with E-state index in [9.17, 15) is 18.0 Å². The highest BCUT2D eigenvalue weighted by atomic mass is 32.2. The first-order chi connectivity index (χ1) is 14.2. The third-order valence-electron chi connectivity index (χ3n) is 3.91. The Morgan fingerprint density at radius 1 is 1.30 bits per heavy atom. The predicted molar refractivity (Wildman–Crippen MR) is 114 cm³/mol. The lowest BCUT2D eigenvalue weighted by atomic mass is 10.2. The molecule has 0 aliphatic heterocycles. The second-order valence-corrected chi connectivity index (χ2v) is 8.62. The molecule has 158 valence electrons. The molecule has 11 heteroatoms. The number of benzene rings is 1. The van der Waals surface area contributed by atoms with Crippen LogP contribution in [0.25, 0.3) is 5.78 Å². The van der Waals surface area contributed by atoms with Gasteiger partial charge in [0.15, 0.2) is 5.82 Å². The van der Waals surface area contributed by atoms with Gasteiger partial charge in [0.2, 0.25) is 12.2 Å². The lowest BCUT2D eigenvalue weighted by Crippen LogP contribution is -2.19. The van der Waals surface area contributed by atoms with E-state index >= 15 is 0 Å². The standard InChI is InChI=1S/C19H18F3N5OS2/c1-4-29-17-16(25-18-23-8-12(2)9-27(17)18)26(11-28)10-24-15-6-5-14(7-13(15)3)30-19(20,21)22/h5-11H,4H2,1-3H3/b24-10-. The number of aliphatic imine (C=N–C) groups is 1. The number of imidazole rings is 1. The summed E-state index contributed by atoms with van der Waals surface area (Å²) in [6.45, 7) is 5.56. The number of amides is 1. The Morgan fingerprint density at radius 3 is 2.70 bits per heavy atom. The second kappa shape index (κ2) is 9.09. The molecule has 0 aliphatic carbocycles. The molecule has 2 heterocycles. The van der Waals surface area contributed by atoms with Crippen molar-refractivity contribution < 1.29 is 18.0 Å². The number of nitrogens with zero attached hydrogens (tertiary/aromatic N) is 5. The van der Waals surface area contributed by atoms with Crippen LogP contribution in [0.15, 0.2) is 45.5 Å². The van der Waals surface area contributed by atoms with E-state index in [1.165, 1.54) is 41.2 Å². The summed E-state index contributed by atoms with van der Waals surface area (Å²) >= 11 is 1.33. The van der Waals surface area contributed by atoms with Crippen molar-refractivity contribution in [2.75, 3.05) is 10.7 Å². The molecule has 0 N–H and O–H groups in total. The zero-order chi connectivity index (χ0) is 21.9. The molecule has 0 bridgehead atoms. The normalized spacial score (nSPS) is 12.1. The molecule has 0 atom stereocenters. The van der Waals surface area contributed by atoms with Crippen LogP contribution in [-0.2, 0) is 4.79 Å². The number of halogens is 3. The van der Waals surface area contributed by atoms with Crippen LogP contribution >= 0.6 is 23.5 Å². The third kappa shape index (κ3) is 5.14. The molecule has 1 aromatic carbocycles. The molecular weight excluding hydrogens is 435 g/mol. The Balaban J connectivity index is 1.93. The number of alkyl halides is 3. The molecule has 2 aromatic heterocycles. The van der Waals surface area contributed by atoms with Crippen LogP contribution in [-0.4, -0.2) is 38.4 Å². The number of hydrogen-bond acceptors (Lipinski definition) is 6. The van der Waals surface area contributed by atoms with Gasteiger partial charge in [-0.15, -0.1) is 11.8 Å². The molecule has 30 heavy (non-hydrogen) atoms. The maximum absolute atomic E-state index is 12.5. The number of anilines is 1. The first kappa shape index (κ1) is 22.2. The molecule has 1 amide bonds. The Kier molecular flexibility index (Phi) is 6.71. The average Bonchev–Trinajstić information content (AvgIpc) is 3.00. The van der Waals surface area contributed by atoms with Crippen molar-refractivity contribution in [3.8, 4) is 0 Å². The van der Waals surface area contributed by atoms with Crippen molar-refractivity contribution in [3.05, 3.63) is 41.7 Å². The summed E-state index contributed by atoms with van der Waals surface area (Å²) in [6.07, 6.45) is 5.47. The summed E-state index contributed by atoms with van der Waals surface area (Å²) in [6, 6.07) is 4.24. The topological polar surface area (TPSA) is 62.9 Å². The van der Waals surface area contributed by atoms with Crippen molar-refractivity contribution >= 4 is 53.6 Å². The fourth-order valence-electron chi connectivity index (χ4n) is 2.66.